The van der Waals surface area contributed by atoms with E-state index in [1.54, 1.807) is 18.2 Å². The zero-order chi connectivity index (χ0) is 14.1. The van der Waals surface area contributed by atoms with Crippen LogP contribution >= 0.6 is 15.9 Å². The summed E-state index contributed by atoms with van der Waals surface area (Å²) in [4.78, 5) is 4.35. The summed E-state index contributed by atoms with van der Waals surface area (Å²) < 4.78 is 6.09. The Morgan fingerprint density at radius 3 is 2.70 bits per heavy atom. The average Bonchev–Trinajstić information content (AvgIpc) is 2.91. The lowest BCUT2D eigenvalue weighted by Crippen LogP contribution is -1.85. The fraction of sp³-hybridized carbons (Fsp3) is 0.0667. The molecule has 1 aromatic heterocycles. The lowest BCUT2D eigenvalue weighted by atomic mass is 10.1. The topological polar surface area (TPSA) is 59.2 Å². The molecule has 3 rings (SSSR count). The van der Waals surface area contributed by atoms with Crippen LogP contribution < -0.4 is 0 Å². The Balaban J connectivity index is 2.07. The van der Waals surface area contributed by atoms with Gasteiger partial charge in [-0.15, -0.1) is 0 Å². The normalized spacial score (nSPS) is 10.7. The van der Waals surface area contributed by atoms with E-state index < -0.39 is 0 Å². The molecular weight excluding hydrogens is 320 g/mol. The molecule has 3 aromatic rings. The zero-order valence-electron chi connectivity index (χ0n) is 10.7. The third-order valence-corrected chi connectivity index (χ3v) is 3.49. The molecule has 100 valence electrons. The molecule has 20 heavy (non-hydrogen) atoms. The maximum absolute atomic E-state index is 9.87. The summed E-state index contributed by atoms with van der Waals surface area (Å²) in [6, 6.07) is 12.9. The standard InChI is InChI=1S/C15H11BrN2O2/c1-9-4-2-3-5-11(9)14-17-15(20-18-14)12-8-10(16)6-7-13(12)19/h2-8,19H,1H3. The summed E-state index contributed by atoms with van der Waals surface area (Å²) >= 11 is 3.36. The molecule has 1 heterocycles. The van der Waals surface area contributed by atoms with E-state index >= 15 is 0 Å². The lowest BCUT2D eigenvalue weighted by Gasteiger charge is -2.00. The third-order valence-electron chi connectivity index (χ3n) is 3.00. The summed E-state index contributed by atoms with van der Waals surface area (Å²) in [7, 11) is 0. The maximum Gasteiger partial charge on any atom is 0.262 e. The molecular formula is C15H11BrN2O2. The summed E-state index contributed by atoms with van der Waals surface area (Å²) in [6.45, 7) is 1.99. The van der Waals surface area contributed by atoms with E-state index in [0.29, 0.717) is 17.3 Å². The molecule has 5 heteroatoms. The highest BCUT2D eigenvalue weighted by molar-refractivity contribution is 9.10. The second-order valence-electron chi connectivity index (χ2n) is 4.40. The molecule has 0 amide bonds. The highest BCUT2D eigenvalue weighted by Gasteiger charge is 2.15. The number of phenols is 1. The number of halogens is 1. The predicted octanol–water partition coefficient (Wildman–Crippen LogP) is 4.18. The van der Waals surface area contributed by atoms with Gasteiger partial charge in [-0.25, -0.2) is 0 Å². The largest absolute Gasteiger partial charge is 0.507 e. The summed E-state index contributed by atoms with van der Waals surface area (Å²) in [6.07, 6.45) is 0. The van der Waals surface area contributed by atoms with E-state index in [-0.39, 0.29) is 5.75 Å². The van der Waals surface area contributed by atoms with Crippen molar-refractivity contribution in [2.45, 2.75) is 6.92 Å². The van der Waals surface area contributed by atoms with E-state index in [1.807, 2.05) is 31.2 Å². The van der Waals surface area contributed by atoms with Crippen molar-refractivity contribution in [1.82, 2.24) is 10.1 Å². The first-order chi connectivity index (χ1) is 9.65. The first-order valence-electron chi connectivity index (χ1n) is 6.04. The van der Waals surface area contributed by atoms with Crippen molar-refractivity contribution in [2.24, 2.45) is 0 Å². The van der Waals surface area contributed by atoms with Crippen LogP contribution in [0.3, 0.4) is 0 Å². The molecule has 0 spiro atoms. The van der Waals surface area contributed by atoms with Gasteiger partial charge in [-0.05, 0) is 30.7 Å². The van der Waals surface area contributed by atoms with Gasteiger partial charge >= 0.3 is 0 Å². The van der Waals surface area contributed by atoms with E-state index in [1.165, 1.54) is 0 Å². The monoisotopic (exact) mass is 330 g/mol. The molecule has 0 atom stereocenters. The maximum atomic E-state index is 9.87. The molecule has 0 saturated heterocycles. The van der Waals surface area contributed by atoms with Crippen molar-refractivity contribution in [2.75, 3.05) is 0 Å². The number of aromatic hydroxyl groups is 1. The first-order valence-corrected chi connectivity index (χ1v) is 6.83. The van der Waals surface area contributed by atoms with Crippen LogP contribution in [0.2, 0.25) is 0 Å². The molecule has 0 aliphatic rings. The fourth-order valence-corrected chi connectivity index (χ4v) is 2.31. The Morgan fingerprint density at radius 1 is 1.10 bits per heavy atom. The van der Waals surface area contributed by atoms with Gasteiger partial charge in [0.1, 0.15) is 5.75 Å². The van der Waals surface area contributed by atoms with Crippen molar-refractivity contribution in [1.29, 1.82) is 0 Å². The van der Waals surface area contributed by atoms with Crippen LogP contribution in [0.25, 0.3) is 22.8 Å². The minimum Gasteiger partial charge on any atom is -0.507 e. The van der Waals surface area contributed by atoms with Gasteiger partial charge in [0.05, 0.1) is 5.56 Å². The number of nitrogens with zero attached hydrogens (tertiary/aromatic N) is 2. The Bertz CT molecular complexity index is 768. The van der Waals surface area contributed by atoms with Crippen LogP contribution in [0.15, 0.2) is 51.5 Å². The van der Waals surface area contributed by atoms with Gasteiger partial charge in [-0.1, -0.05) is 45.4 Å². The predicted molar refractivity (Wildman–Crippen MR) is 79.3 cm³/mol. The quantitative estimate of drug-likeness (QED) is 0.765. The second kappa shape index (κ2) is 5.09. The minimum atomic E-state index is 0.105. The lowest BCUT2D eigenvalue weighted by molar-refractivity contribution is 0.425. The smallest absolute Gasteiger partial charge is 0.262 e. The van der Waals surface area contributed by atoms with Gasteiger partial charge < -0.3 is 9.63 Å². The van der Waals surface area contributed by atoms with Crippen LogP contribution in [0.1, 0.15) is 5.56 Å². The number of hydrogen-bond donors (Lipinski definition) is 1. The average molecular weight is 331 g/mol. The third kappa shape index (κ3) is 2.32. The molecule has 0 unspecified atom stereocenters. The Hall–Kier alpha value is -2.14. The molecule has 4 nitrogen and oxygen atoms in total. The van der Waals surface area contributed by atoms with E-state index in [9.17, 15) is 5.11 Å². The summed E-state index contributed by atoms with van der Waals surface area (Å²) in [5.41, 5.74) is 2.49. The molecule has 1 N–H and O–H groups in total. The van der Waals surface area contributed by atoms with Crippen molar-refractivity contribution in [3.63, 3.8) is 0 Å². The number of rotatable bonds is 2. The first kappa shape index (κ1) is 12.9. The zero-order valence-corrected chi connectivity index (χ0v) is 12.3. The molecule has 2 aromatic carbocycles. The number of phenolic OH excluding ortho intramolecular Hbond substituents is 1. The van der Waals surface area contributed by atoms with Crippen molar-refractivity contribution >= 4 is 15.9 Å². The van der Waals surface area contributed by atoms with Crippen LogP contribution in [0, 0.1) is 6.92 Å². The van der Waals surface area contributed by atoms with Crippen molar-refractivity contribution in [3.05, 3.63) is 52.5 Å². The molecule has 0 aliphatic carbocycles. The van der Waals surface area contributed by atoms with Gasteiger partial charge in [0.25, 0.3) is 5.89 Å². The SMILES string of the molecule is Cc1ccccc1-c1noc(-c2cc(Br)ccc2O)n1. The van der Waals surface area contributed by atoms with Crippen LogP contribution in [0.5, 0.6) is 5.75 Å². The van der Waals surface area contributed by atoms with Crippen LogP contribution in [-0.4, -0.2) is 15.2 Å². The molecule has 0 radical (unpaired) electrons. The number of hydrogen-bond acceptors (Lipinski definition) is 4. The van der Waals surface area contributed by atoms with Crippen LogP contribution in [0.4, 0.5) is 0 Å². The van der Waals surface area contributed by atoms with Gasteiger partial charge in [-0.2, -0.15) is 4.98 Å². The molecule has 0 saturated carbocycles. The minimum absolute atomic E-state index is 0.105. The molecule has 0 bridgehead atoms. The molecule has 0 fully saturated rings. The van der Waals surface area contributed by atoms with Gasteiger partial charge in [-0.3, -0.25) is 0 Å². The van der Waals surface area contributed by atoms with Crippen molar-refractivity contribution < 1.29 is 9.63 Å². The number of aryl methyl sites for hydroxylation is 1. The summed E-state index contributed by atoms with van der Waals surface area (Å²) in [5.74, 6) is 0.910. The van der Waals surface area contributed by atoms with Crippen molar-refractivity contribution in [3.8, 4) is 28.6 Å². The Kier molecular flexibility index (Phi) is 3.28. The molecule has 0 aliphatic heterocycles. The van der Waals surface area contributed by atoms with Crippen LogP contribution in [-0.2, 0) is 0 Å². The Labute approximate surface area is 124 Å². The number of aromatic nitrogens is 2. The second-order valence-corrected chi connectivity index (χ2v) is 5.32. The van der Waals surface area contributed by atoms with E-state index in [2.05, 4.69) is 26.1 Å². The Morgan fingerprint density at radius 2 is 1.90 bits per heavy atom. The van der Waals surface area contributed by atoms with E-state index in [4.69, 9.17) is 4.52 Å². The van der Waals surface area contributed by atoms with Gasteiger partial charge in [0.15, 0.2) is 0 Å². The fourth-order valence-electron chi connectivity index (χ4n) is 1.95. The summed E-state index contributed by atoms with van der Waals surface area (Å²) in [5, 5.41) is 13.9. The number of benzene rings is 2. The highest BCUT2D eigenvalue weighted by Crippen LogP contribution is 2.32. The van der Waals surface area contributed by atoms with Gasteiger partial charge in [0.2, 0.25) is 5.82 Å². The van der Waals surface area contributed by atoms with E-state index in [0.717, 1.165) is 15.6 Å². The van der Waals surface area contributed by atoms with Gasteiger partial charge in [0, 0.05) is 10.0 Å². The highest BCUT2D eigenvalue weighted by atomic mass is 79.9.